The number of carbonyl (C=O) groups is 2. The van der Waals surface area contributed by atoms with Gasteiger partial charge in [0.2, 0.25) is 11.8 Å². The molecule has 1 aromatic rings. The van der Waals surface area contributed by atoms with E-state index in [9.17, 15) is 9.59 Å². The van der Waals surface area contributed by atoms with Gasteiger partial charge in [0.05, 0.1) is 19.7 Å². The number of benzene rings is 1. The molecule has 144 valence electrons. The van der Waals surface area contributed by atoms with E-state index in [1.54, 1.807) is 11.9 Å². The van der Waals surface area contributed by atoms with Crippen molar-refractivity contribution in [1.29, 1.82) is 0 Å². The second kappa shape index (κ2) is 10.0. The van der Waals surface area contributed by atoms with Gasteiger partial charge in [-0.15, -0.1) is 0 Å². The molecule has 1 aliphatic rings. The van der Waals surface area contributed by atoms with Gasteiger partial charge in [0, 0.05) is 13.0 Å². The van der Waals surface area contributed by atoms with Crippen molar-refractivity contribution >= 4 is 11.8 Å². The van der Waals surface area contributed by atoms with Crippen LogP contribution in [0.3, 0.4) is 0 Å². The van der Waals surface area contributed by atoms with Gasteiger partial charge in [0.15, 0.2) is 11.5 Å². The van der Waals surface area contributed by atoms with Gasteiger partial charge in [-0.2, -0.15) is 0 Å². The van der Waals surface area contributed by atoms with E-state index in [2.05, 4.69) is 0 Å². The molecule has 1 aliphatic heterocycles. The third kappa shape index (κ3) is 5.91. The monoisotopic (exact) mass is 363 g/mol. The predicted molar refractivity (Wildman–Crippen MR) is 99.1 cm³/mol. The van der Waals surface area contributed by atoms with E-state index in [0.717, 1.165) is 25.9 Å². The molecule has 1 fully saturated rings. The lowest BCUT2D eigenvalue weighted by atomic mass is 9.95. The number of nitrogens with two attached hydrogens (primary N) is 1. The van der Waals surface area contributed by atoms with Gasteiger partial charge in [0.1, 0.15) is 6.61 Å². The second-order valence-corrected chi connectivity index (χ2v) is 6.50. The molecular weight excluding hydrogens is 334 g/mol. The first-order valence-corrected chi connectivity index (χ1v) is 9.11. The molecule has 2 N–H and O–H groups in total. The van der Waals surface area contributed by atoms with Crippen molar-refractivity contribution in [3.8, 4) is 11.5 Å². The molecule has 7 nitrogen and oxygen atoms in total. The number of likely N-dealkylation sites (tertiary alicyclic amines) is 1. The molecule has 0 atom stereocenters. The molecule has 0 bridgehead atoms. The molecule has 0 unspecified atom stereocenters. The number of likely N-dealkylation sites (N-methyl/N-ethyl adjacent to an activating group) is 1. The van der Waals surface area contributed by atoms with Crippen molar-refractivity contribution in [2.45, 2.75) is 19.8 Å². The maximum Gasteiger partial charge on any atom is 0.231 e. The summed E-state index contributed by atoms with van der Waals surface area (Å²) in [6.45, 7) is 5.15. The van der Waals surface area contributed by atoms with E-state index < -0.39 is 0 Å². The highest BCUT2D eigenvalue weighted by atomic mass is 16.5. The Labute approximate surface area is 155 Å². The first-order chi connectivity index (χ1) is 12.5. The topological polar surface area (TPSA) is 85.1 Å². The van der Waals surface area contributed by atoms with Crippen LogP contribution < -0.4 is 15.2 Å². The van der Waals surface area contributed by atoms with Crippen LogP contribution in [0.2, 0.25) is 0 Å². The molecule has 0 radical (unpaired) electrons. The Hall–Kier alpha value is -2.28. The molecule has 1 aromatic carbocycles. The fourth-order valence-electron chi connectivity index (χ4n) is 3.12. The minimum absolute atomic E-state index is 0.000150. The standard InChI is InChI=1S/C19H29N3O4/c1-3-25-16-6-4-5-7-17(16)26-13-12-21(2)19(24)15-8-10-22(11-9-15)14-18(20)23/h4-7,15H,3,8-14H2,1-2H3,(H2,20,23). The third-order valence-corrected chi connectivity index (χ3v) is 4.53. The quantitative estimate of drug-likeness (QED) is 0.711. The number of hydrogen-bond acceptors (Lipinski definition) is 5. The molecule has 0 saturated carbocycles. The van der Waals surface area contributed by atoms with Crippen molar-refractivity contribution in [2.75, 3.05) is 46.4 Å². The highest BCUT2D eigenvalue weighted by molar-refractivity contribution is 5.79. The fourth-order valence-corrected chi connectivity index (χ4v) is 3.12. The summed E-state index contributed by atoms with van der Waals surface area (Å²) in [5, 5.41) is 0. The number of rotatable bonds is 9. The number of para-hydroxylation sites is 2. The Kier molecular flexibility index (Phi) is 7.72. The van der Waals surface area contributed by atoms with Gasteiger partial charge in [-0.1, -0.05) is 12.1 Å². The smallest absolute Gasteiger partial charge is 0.231 e. The fraction of sp³-hybridized carbons (Fsp3) is 0.579. The van der Waals surface area contributed by atoms with E-state index in [-0.39, 0.29) is 24.3 Å². The zero-order valence-electron chi connectivity index (χ0n) is 15.6. The van der Waals surface area contributed by atoms with E-state index in [1.165, 1.54) is 0 Å². The highest BCUT2D eigenvalue weighted by Gasteiger charge is 2.27. The normalized spacial score (nSPS) is 15.5. The Morgan fingerprint density at radius 2 is 1.81 bits per heavy atom. The van der Waals surface area contributed by atoms with Crippen molar-refractivity contribution in [3.05, 3.63) is 24.3 Å². The summed E-state index contributed by atoms with van der Waals surface area (Å²) >= 11 is 0. The average Bonchev–Trinajstić information content (AvgIpc) is 2.63. The molecule has 0 spiro atoms. The number of nitrogens with zero attached hydrogens (tertiary/aromatic N) is 2. The summed E-state index contributed by atoms with van der Waals surface area (Å²) in [6.07, 6.45) is 1.51. The van der Waals surface area contributed by atoms with E-state index in [0.29, 0.717) is 31.3 Å². The van der Waals surface area contributed by atoms with E-state index in [1.807, 2.05) is 36.1 Å². The lowest BCUT2D eigenvalue weighted by Gasteiger charge is -2.32. The average molecular weight is 363 g/mol. The van der Waals surface area contributed by atoms with Crippen LogP contribution in [0.25, 0.3) is 0 Å². The minimum Gasteiger partial charge on any atom is -0.490 e. The zero-order valence-corrected chi connectivity index (χ0v) is 15.6. The van der Waals surface area contributed by atoms with Gasteiger partial charge < -0.3 is 20.1 Å². The maximum atomic E-state index is 12.6. The number of amides is 2. The Bertz CT molecular complexity index is 600. The molecule has 2 rings (SSSR count). The van der Waals surface area contributed by atoms with Crippen LogP contribution >= 0.6 is 0 Å². The lowest BCUT2D eigenvalue weighted by molar-refractivity contribution is -0.136. The van der Waals surface area contributed by atoms with Crippen LogP contribution in [-0.4, -0.2) is 68.1 Å². The number of hydrogen-bond donors (Lipinski definition) is 1. The summed E-state index contributed by atoms with van der Waals surface area (Å²) in [4.78, 5) is 27.3. The highest BCUT2D eigenvalue weighted by Crippen LogP contribution is 2.26. The van der Waals surface area contributed by atoms with Crippen molar-refractivity contribution in [2.24, 2.45) is 11.7 Å². The van der Waals surface area contributed by atoms with Gasteiger partial charge >= 0.3 is 0 Å². The molecule has 1 saturated heterocycles. The maximum absolute atomic E-state index is 12.6. The van der Waals surface area contributed by atoms with Gasteiger partial charge in [-0.25, -0.2) is 0 Å². The summed E-state index contributed by atoms with van der Waals surface area (Å²) in [5.74, 6) is 1.21. The molecule has 0 aromatic heterocycles. The number of primary amides is 1. The summed E-state index contributed by atoms with van der Waals surface area (Å²) in [6, 6.07) is 7.53. The Balaban J connectivity index is 1.75. The molecule has 2 amide bonds. The SMILES string of the molecule is CCOc1ccccc1OCCN(C)C(=O)C1CCN(CC(N)=O)CC1. The van der Waals surface area contributed by atoms with Crippen LogP contribution in [0.15, 0.2) is 24.3 Å². The summed E-state index contributed by atoms with van der Waals surface area (Å²) in [7, 11) is 1.80. The number of carbonyl (C=O) groups excluding carboxylic acids is 2. The molecule has 1 heterocycles. The van der Waals surface area contributed by atoms with Crippen molar-refractivity contribution < 1.29 is 19.1 Å². The number of piperidine rings is 1. The van der Waals surface area contributed by atoms with Gasteiger partial charge in [-0.3, -0.25) is 14.5 Å². The van der Waals surface area contributed by atoms with E-state index in [4.69, 9.17) is 15.2 Å². The Morgan fingerprint density at radius 3 is 2.38 bits per heavy atom. The van der Waals surface area contributed by atoms with Crippen molar-refractivity contribution in [1.82, 2.24) is 9.80 Å². The lowest BCUT2D eigenvalue weighted by Crippen LogP contribution is -2.44. The van der Waals surface area contributed by atoms with E-state index >= 15 is 0 Å². The van der Waals surface area contributed by atoms with Crippen molar-refractivity contribution in [3.63, 3.8) is 0 Å². The largest absolute Gasteiger partial charge is 0.490 e. The van der Waals surface area contributed by atoms with Gasteiger partial charge in [-0.05, 0) is 45.0 Å². The van der Waals surface area contributed by atoms with Crippen LogP contribution in [0.5, 0.6) is 11.5 Å². The first-order valence-electron chi connectivity index (χ1n) is 9.11. The molecule has 0 aliphatic carbocycles. The first kappa shape index (κ1) is 20.0. The summed E-state index contributed by atoms with van der Waals surface area (Å²) < 4.78 is 11.3. The third-order valence-electron chi connectivity index (χ3n) is 4.53. The molecule has 7 heteroatoms. The minimum atomic E-state index is -0.323. The number of ether oxygens (including phenoxy) is 2. The Morgan fingerprint density at radius 1 is 1.19 bits per heavy atom. The zero-order chi connectivity index (χ0) is 18.9. The second-order valence-electron chi connectivity index (χ2n) is 6.50. The molecule has 26 heavy (non-hydrogen) atoms. The summed E-state index contributed by atoms with van der Waals surface area (Å²) in [5.41, 5.74) is 5.22. The van der Waals surface area contributed by atoms with Crippen LogP contribution in [-0.2, 0) is 9.59 Å². The predicted octanol–water partition coefficient (Wildman–Crippen LogP) is 1.12. The van der Waals surface area contributed by atoms with Gasteiger partial charge in [0.25, 0.3) is 0 Å². The molecular formula is C19H29N3O4. The van der Waals surface area contributed by atoms with Crippen LogP contribution in [0.4, 0.5) is 0 Å². The van der Waals surface area contributed by atoms with Crippen LogP contribution in [0, 0.1) is 5.92 Å². The van der Waals surface area contributed by atoms with Crippen LogP contribution in [0.1, 0.15) is 19.8 Å².